The third-order valence-electron chi connectivity index (χ3n) is 4.41. The third-order valence-corrected chi connectivity index (χ3v) is 4.41. The highest BCUT2D eigenvalue weighted by Gasteiger charge is 2.37. The van der Waals surface area contributed by atoms with E-state index in [1.165, 1.54) is 0 Å². The summed E-state index contributed by atoms with van der Waals surface area (Å²) in [5.74, 6) is 1.01. The van der Waals surface area contributed by atoms with Crippen LogP contribution in [0.25, 0.3) is 0 Å². The molecule has 0 aromatic heterocycles. The standard InChI is InChI=1S/C15H26N2O2/c1-11(2)14(18)17-8-4-5-13(17)15(19)16-9-6-12(3)7-10-16/h11-13H,4-10H2,1-3H3/t13-/m0/s1. The SMILES string of the molecule is CC1CCN(C(=O)[C@@H]2CCCN2C(=O)C(C)C)CC1. The Kier molecular flexibility index (Phi) is 4.48. The largest absolute Gasteiger partial charge is 0.341 e. The van der Waals surface area contributed by atoms with Crippen LogP contribution in [0.15, 0.2) is 0 Å². The topological polar surface area (TPSA) is 40.6 Å². The monoisotopic (exact) mass is 266 g/mol. The van der Waals surface area contributed by atoms with Crippen LogP contribution >= 0.6 is 0 Å². The van der Waals surface area contributed by atoms with E-state index in [-0.39, 0.29) is 23.8 Å². The van der Waals surface area contributed by atoms with E-state index < -0.39 is 0 Å². The van der Waals surface area contributed by atoms with Gasteiger partial charge in [-0.05, 0) is 31.6 Å². The van der Waals surface area contributed by atoms with Gasteiger partial charge in [0.2, 0.25) is 11.8 Å². The van der Waals surface area contributed by atoms with Gasteiger partial charge in [0, 0.05) is 25.6 Å². The molecule has 0 radical (unpaired) electrons. The molecule has 0 saturated carbocycles. The fourth-order valence-electron chi connectivity index (χ4n) is 3.06. The van der Waals surface area contributed by atoms with Crippen LogP contribution in [0.4, 0.5) is 0 Å². The van der Waals surface area contributed by atoms with Gasteiger partial charge in [0.05, 0.1) is 0 Å². The van der Waals surface area contributed by atoms with Gasteiger partial charge in [0.25, 0.3) is 0 Å². The minimum atomic E-state index is -0.191. The average Bonchev–Trinajstić information content (AvgIpc) is 2.86. The molecule has 2 amide bonds. The predicted molar refractivity (Wildman–Crippen MR) is 74.6 cm³/mol. The van der Waals surface area contributed by atoms with Crippen molar-refractivity contribution in [2.75, 3.05) is 19.6 Å². The van der Waals surface area contributed by atoms with E-state index in [9.17, 15) is 9.59 Å². The first-order valence-corrected chi connectivity index (χ1v) is 7.60. The minimum absolute atomic E-state index is 0.0187. The maximum Gasteiger partial charge on any atom is 0.245 e. The first-order chi connectivity index (χ1) is 9.00. The molecular formula is C15H26N2O2. The molecule has 4 heteroatoms. The molecule has 0 N–H and O–H groups in total. The summed E-state index contributed by atoms with van der Waals surface area (Å²) in [4.78, 5) is 28.5. The van der Waals surface area contributed by atoms with Crippen molar-refractivity contribution >= 4 is 11.8 Å². The third kappa shape index (κ3) is 3.10. The van der Waals surface area contributed by atoms with Crippen molar-refractivity contribution in [3.63, 3.8) is 0 Å². The van der Waals surface area contributed by atoms with Crippen LogP contribution in [-0.2, 0) is 9.59 Å². The molecule has 2 aliphatic heterocycles. The summed E-state index contributed by atoms with van der Waals surface area (Å²) in [7, 11) is 0. The molecule has 2 fully saturated rings. The fourth-order valence-corrected chi connectivity index (χ4v) is 3.06. The highest BCUT2D eigenvalue weighted by molar-refractivity contribution is 5.89. The van der Waals surface area contributed by atoms with E-state index in [0.717, 1.165) is 51.2 Å². The van der Waals surface area contributed by atoms with Gasteiger partial charge in [-0.15, -0.1) is 0 Å². The maximum atomic E-state index is 12.6. The number of hydrogen-bond donors (Lipinski definition) is 0. The zero-order valence-corrected chi connectivity index (χ0v) is 12.4. The summed E-state index contributed by atoms with van der Waals surface area (Å²) in [5, 5.41) is 0. The zero-order valence-electron chi connectivity index (χ0n) is 12.4. The molecule has 0 unspecified atom stereocenters. The van der Waals surface area contributed by atoms with Crippen LogP contribution in [-0.4, -0.2) is 47.3 Å². The average molecular weight is 266 g/mol. The Morgan fingerprint density at radius 2 is 1.68 bits per heavy atom. The molecule has 0 bridgehead atoms. The lowest BCUT2D eigenvalue weighted by Crippen LogP contribution is -2.50. The van der Waals surface area contributed by atoms with Crippen molar-refractivity contribution in [1.29, 1.82) is 0 Å². The number of hydrogen-bond acceptors (Lipinski definition) is 2. The van der Waals surface area contributed by atoms with Crippen molar-refractivity contribution in [2.24, 2.45) is 11.8 Å². The van der Waals surface area contributed by atoms with E-state index in [2.05, 4.69) is 6.92 Å². The number of piperidine rings is 1. The molecule has 2 heterocycles. The van der Waals surface area contributed by atoms with Crippen molar-refractivity contribution in [3.8, 4) is 0 Å². The Labute approximate surface area is 116 Å². The minimum Gasteiger partial charge on any atom is -0.341 e. The number of carbonyl (C=O) groups excluding carboxylic acids is 2. The first-order valence-electron chi connectivity index (χ1n) is 7.60. The Morgan fingerprint density at radius 3 is 2.26 bits per heavy atom. The normalized spacial score (nSPS) is 25.2. The molecule has 2 saturated heterocycles. The second-order valence-electron chi connectivity index (χ2n) is 6.35. The van der Waals surface area contributed by atoms with E-state index in [4.69, 9.17) is 0 Å². The second kappa shape index (κ2) is 5.93. The Balaban J connectivity index is 1.99. The number of amides is 2. The van der Waals surface area contributed by atoms with Crippen LogP contribution in [0, 0.1) is 11.8 Å². The van der Waals surface area contributed by atoms with Crippen LogP contribution < -0.4 is 0 Å². The van der Waals surface area contributed by atoms with Crippen molar-refractivity contribution in [3.05, 3.63) is 0 Å². The highest BCUT2D eigenvalue weighted by Crippen LogP contribution is 2.24. The van der Waals surface area contributed by atoms with Crippen LogP contribution in [0.2, 0.25) is 0 Å². The van der Waals surface area contributed by atoms with Gasteiger partial charge in [-0.2, -0.15) is 0 Å². The van der Waals surface area contributed by atoms with Crippen LogP contribution in [0.1, 0.15) is 46.5 Å². The highest BCUT2D eigenvalue weighted by atomic mass is 16.2. The van der Waals surface area contributed by atoms with Crippen LogP contribution in [0.5, 0.6) is 0 Å². The first kappa shape index (κ1) is 14.4. The van der Waals surface area contributed by atoms with Gasteiger partial charge in [-0.3, -0.25) is 9.59 Å². The van der Waals surface area contributed by atoms with E-state index in [0.29, 0.717) is 0 Å². The quantitative estimate of drug-likeness (QED) is 0.766. The Hall–Kier alpha value is -1.06. The lowest BCUT2D eigenvalue weighted by atomic mass is 9.98. The summed E-state index contributed by atoms with van der Waals surface area (Å²) in [6, 6.07) is -0.191. The molecule has 0 aliphatic carbocycles. The number of rotatable bonds is 2. The predicted octanol–water partition coefficient (Wildman–Crippen LogP) is 1.89. The number of carbonyl (C=O) groups is 2. The fraction of sp³-hybridized carbons (Fsp3) is 0.867. The Morgan fingerprint density at radius 1 is 1.05 bits per heavy atom. The lowest BCUT2D eigenvalue weighted by Gasteiger charge is -2.35. The molecule has 19 heavy (non-hydrogen) atoms. The summed E-state index contributed by atoms with van der Waals surface area (Å²) in [6.07, 6.45) is 3.98. The second-order valence-corrected chi connectivity index (χ2v) is 6.35. The molecule has 0 spiro atoms. The van der Waals surface area contributed by atoms with Gasteiger partial charge in [-0.25, -0.2) is 0 Å². The summed E-state index contributed by atoms with van der Waals surface area (Å²) < 4.78 is 0. The summed E-state index contributed by atoms with van der Waals surface area (Å²) in [6.45, 7) is 8.53. The molecule has 0 aromatic rings. The van der Waals surface area contributed by atoms with E-state index >= 15 is 0 Å². The van der Waals surface area contributed by atoms with Gasteiger partial charge >= 0.3 is 0 Å². The van der Waals surface area contributed by atoms with Crippen molar-refractivity contribution in [1.82, 2.24) is 9.80 Å². The molecule has 0 aromatic carbocycles. The molecule has 1 atom stereocenters. The molecule has 4 nitrogen and oxygen atoms in total. The maximum absolute atomic E-state index is 12.6. The molecule has 2 rings (SSSR count). The van der Waals surface area contributed by atoms with Gasteiger partial charge in [0.15, 0.2) is 0 Å². The number of likely N-dealkylation sites (tertiary alicyclic amines) is 2. The van der Waals surface area contributed by atoms with Gasteiger partial charge in [0.1, 0.15) is 6.04 Å². The van der Waals surface area contributed by atoms with E-state index in [1.54, 1.807) is 0 Å². The number of nitrogens with zero attached hydrogens (tertiary/aromatic N) is 2. The summed E-state index contributed by atoms with van der Waals surface area (Å²) in [5.41, 5.74) is 0. The van der Waals surface area contributed by atoms with Crippen molar-refractivity contribution < 1.29 is 9.59 Å². The lowest BCUT2D eigenvalue weighted by molar-refractivity contribution is -0.146. The Bertz CT molecular complexity index is 346. The molecule has 2 aliphatic rings. The molecule has 108 valence electrons. The molecular weight excluding hydrogens is 240 g/mol. The van der Waals surface area contributed by atoms with E-state index in [1.807, 2.05) is 23.6 Å². The summed E-state index contributed by atoms with van der Waals surface area (Å²) >= 11 is 0. The van der Waals surface area contributed by atoms with Crippen LogP contribution in [0.3, 0.4) is 0 Å². The van der Waals surface area contributed by atoms with Gasteiger partial charge in [-0.1, -0.05) is 20.8 Å². The van der Waals surface area contributed by atoms with Gasteiger partial charge < -0.3 is 9.80 Å². The van der Waals surface area contributed by atoms with Crippen molar-refractivity contribution in [2.45, 2.75) is 52.5 Å². The zero-order chi connectivity index (χ0) is 14.0. The smallest absolute Gasteiger partial charge is 0.245 e.